The van der Waals surface area contributed by atoms with E-state index in [0.717, 1.165) is 38.5 Å². The number of methoxy groups -OCH3 is 1. The summed E-state index contributed by atoms with van der Waals surface area (Å²) < 4.78 is 21.1. The van der Waals surface area contributed by atoms with Crippen LogP contribution < -0.4 is 0 Å². The Bertz CT molecular complexity index is 460. The number of fused-ring (bicyclic) bond motifs is 2. The van der Waals surface area contributed by atoms with Crippen LogP contribution in [0.5, 0.6) is 0 Å². The summed E-state index contributed by atoms with van der Waals surface area (Å²) in [6.07, 6.45) is 10.2. The van der Waals surface area contributed by atoms with Crippen LogP contribution in [0.3, 0.4) is 0 Å². The van der Waals surface area contributed by atoms with Gasteiger partial charge >= 0.3 is 11.9 Å². The topological polar surface area (TPSA) is 71.1 Å². The van der Waals surface area contributed by atoms with E-state index >= 15 is 0 Å². The molecule has 30 heavy (non-hydrogen) atoms. The maximum absolute atomic E-state index is 12.2. The molecule has 0 aliphatic heterocycles. The molecule has 0 radical (unpaired) electrons. The van der Waals surface area contributed by atoms with Crippen LogP contribution in [-0.2, 0) is 28.5 Å². The van der Waals surface area contributed by atoms with Crippen LogP contribution in [0.15, 0.2) is 0 Å². The van der Waals surface area contributed by atoms with Crippen molar-refractivity contribution in [1.82, 2.24) is 0 Å². The molecular formula is C24H44O6. The highest BCUT2D eigenvalue weighted by atomic mass is 16.6. The van der Waals surface area contributed by atoms with E-state index in [1.807, 2.05) is 13.8 Å². The van der Waals surface area contributed by atoms with Crippen molar-refractivity contribution < 1.29 is 28.5 Å². The quantitative estimate of drug-likeness (QED) is 0.382. The van der Waals surface area contributed by atoms with Crippen molar-refractivity contribution in [3.63, 3.8) is 0 Å². The van der Waals surface area contributed by atoms with E-state index in [4.69, 9.17) is 14.2 Å². The second kappa shape index (κ2) is 15.6. The van der Waals surface area contributed by atoms with Crippen molar-refractivity contribution in [2.45, 2.75) is 110 Å². The van der Waals surface area contributed by atoms with Gasteiger partial charge in [-0.1, -0.05) is 39.5 Å². The second-order valence-electron chi connectivity index (χ2n) is 8.27. The number of esters is 2. The summed E-state index contributed by atoms with van der Waals surface area (Å²) in [5, 5.41) is 0. The molecule has 176 valence electrons. The van der Waals surface area contributed by atoms with Crippen molar-refractivity contribution in [2.24, 2.45) is 11.8 Å². The lowest BCUT2D eigenvalue weighted by Gasteiger charge is -2.21. The third kappa shape index (κ3) is 8.93. The molecule has 0 heterocycles. The summed E-state index contributed by atoms with van der Waals surface area (Å²) in [5.74, 6) is 0.888. The zero-order valence-electron chi connectivity index (χ0n) is 19.8. The molecule has 2 aliphatic rings. The Morgan fingerprint density at radius 1 is 0.767 bits per heavy atom. The zero-order chi connectivity index (χ0) is 22.4. The number of hydrogen-bond acceptors (Lipinski definition) is 6. The maximum Gasteiger partial charge on any atom is 0.335 e. The minimum atomic E-state index is -0.361. The molecule has 0 aromatic rings. The van der Waals surface area contributed by atoms with Gasteiger partial charge in [-0.15, -0.1) is 0 Å². The van der Waals surface area contributed by atoms with Crippen LogP contribution in [0, 0.1) is 11.8 Å². The lowest BCUT2D eigenvalue weighted by Crippen LogP contribution is -2.32. The normalized spacial score (nSPS) is 24.0. The first kappa shape index (κ1) is 26.9. The van der Waals surface area contributed by atoms with Gasteiger partial charge in [0.1, 0.15) is 6.10 Å². The molecule has 2 saturated carbocycles. The summed E-state index contributed by atoms with van der Waals surface area (Å²) >= 11 is 0. The fourth-order valence-corrected chi connectivity index (χ4v) is 4.44. The van der Waals surface area contributed by atoms with E-state index in [1.165, 1.54) is 32.8 Å². The average Bonchev–Trinajstić information content (AvgIpc) is 3.33. The third-order valence-electron chi connectivity index (χ3n) is 6.10. The van der Waals surface area contributed by atoms with E-state index in [-0.39, 0.29) is 30.3 Å². The van der Waals surface area contributed by atoms with E-state index in [0.29, 0.717) is 25.0 Å². The molecule has 0 aromatic heterocycles. The van der Waals surface area contributed by atoms with Gasteiger partial charge in [-0.25, -0.2) is 9.59 Å². The summed E-state index contributed by atoms with van der Waals surface area (Å²) in [6.45, 7) is 9.17. The highest BCUT2D eigenvalue weighted by Gasteiger charge is 2.44. The van der Waals surface area contributed by atoms with Gasteiger partial charge in [0.15, 0.2) is 12.2 Å². The van der Waals surface area contributed by atoms with Gasteiger partial charge in [0.25, 0.3) is 0 Å². The first-order chi connectivity index (χ1) is 14.5. The first-order valence-corrected chi connectivity index (χ1v) is 12.0. The molecule has 0 spiro atoms. The Morgan fingerprint density at radius 3 is 1.57 bits per heavy atom. The Kier molecular flexibility index (Phi) is 14.0. The highest BCUT2D eigenvalue weighted by molar-refractivity contribution is 5.75. The van der Waals surface area contributed by atoms with Crippen LogP contribution in [0.1, 0.15) is 91.9 Å². The number of hydrogen-bond donors (Lipinski definition) is 0. The maximum atomic E-state index is 12.2. The molecular weight excluding hydrogens is 384 g/mol. The van der Waals surface area contributed by atoms with Gasteiger partial charge in [0.2, 0.25) is 0 Å². The summed E-state index contributed by atoms with van der Waals surface area (Å²) in [4.78, 5) is 23.2. The molecule has 2 atom stereocenters. The lowest BCUT2D eigenvalue weighted by atomic mass is 10.0. The van der Waals surface area contributed by atoms with Crippen molar-refractivity contribution in [3.05, 3.63) is 0 Å². The van der Waals surface area contributed by atoms with E-state index in [2.05, 4.69) is 18.6 Å². The molecule has 0 saturated heterocycles. The first-order valence-electron chi connectivity index (χ1n) is 12.0. The van der Waals surface area contributed by atoms with Gasteiger partial charge in [-0.05, 0) is 64.2 Å². The fourth-order valence-electron chi connectivity index (χ4n) is 4.44. The number of unbranched alkanes of at least 4 members (excludes halogenated alkanes) is 2. The average molecular weight is 429 g/mol. The second-order valence-corrected chi connectivity index (χ2v) is 8.27. The van der Waals surface area contributed by atoms with Crippen LogP contribution in [0.2, 0.25) is 0 Å². The van der Waals surface area contributed by atoms with Crippen LogP contribution in [-0.4, -0.2) is 50.6 Å². The Morgan fingerprint density at radius 2 is 1.20 bits per heavy atom. The van der Waals surface area contributed by atoms with Crippen molar-refractivity contribution >= 4 is 11.9 Å². The lowest BCUT2D eigenvalue weighted by molar-refractivity contribution is -0.165. The summed E-state index contributed by atoms with van der Waals surface area (Å²) in [7, 11) is 1.39. The molecule has 6 nitrogen and oxygen atoms in total. The van der Waals surface area contributed by atoms with E-state index < -0.39 is 0 Å². The highest BCUT2D eigenvalue weighted by Crippen LogP contribution is 2.46. The Balaban J connectivity index is 0.000000329. The molecule has 0 N–H and O–H groups in total. The molecule has 2 aliphatic carbocycles. The van der Waals surface area contributed by atoms with Crippen LogP contribution in [0.4, 0.5) is 0 Å². The van der Waals surface area contributed by atoms with Crippen LogP contribution >= 0.6 is 0 Å². The summed E-state index contributed by atoms with van der Waals surface area (Å²) in [5.41, 5.74) is 0. The molecule has 2 rings (SSSR count). The fraction of sp³-hybridized carbons (Fsp3) is 0.917. The number of carbonyl (C=O) groups is 2. The molecule has 2 unspecified atom stereocenters. The Labute approximate surface area is 183 Å². The minimum Gasteiger partial charge on any atom is -0.467 e. The van der Waals surface area contributed by atoms with Gasteiger partial charge in [-0.2, -0.15) is 0 Å². The van der Waals surface area contributed by atoms with Crippen molar-refractivity contribution in [2.75, 3.05) is 20.3 Å². The predicted molar refractivity (Wildman–Crippen MR) is 117 cm³/mol. The smallest absolute Gasteiger partial charge is 0.335 e. The number of ether oxygens (including phenoxy) is 4. The van der Waals surface area contributed by atoms with Crippen molar-refractivity contribution in [1.29, 1.82) is 0 Å². The molecule has 2 fully saturated rings. The standard InChI is InChI=1S/C15H26O3.C9H18O3/c1-3-5-6-13(17-4-2)15(16)18-14-11-7-8-12(14)10-9-11;1-4-6-7-8(12-5-2)9(10)11-3/h11-14H,3-10H2,1-2H3;8H,4-7H2,1-3H3. The van der Waals surface area contributed by atoms with Gasteiger partial charge in [-0.3, -0.25) is 0 Å². The molecule has 6 heteroatoms. The minimum absolute atomic E-state index is 0.117. The van der Waals surface area contributed by atoms with E-state index in [1.54, 1.807) is 0 Å². The summed E-state index contributed by atoms with van der Waals surface area (Å²) in [6, 6.07) is 0. The molecule has 0 aromatic carbocycles. The van der Waals surface area contributed by atoms with Gasteiger partial charge < -0.3 is 18.9 Å². The SMILES string of the molecule is CCCCC(OCC)C(=O)OC.CCCCC(OCC)C(=O)OC1C2CCC1CC2. The van der Waals surface area contributed by atoms with Gasteiger partial charge in [0.05, 0.1) is 7.11 Å². The zero-order valence-corrected chi connectivity index (χ0v) is 19.8. The predicted octanol–water partition coefficient (Wildman–Crippen LogP) is 5.07. The number of carbonyl (C=O) groups excluding carboxylic acids is 2. The van der Waals surface area contributed by atoms with Gasteiger partial charge in [0, 0.05) is 13.2 Å². The van der Waals surface area contributed by atoms with Crippen LogP contribution in [0.25, 0.3) is 0 Å². The largest absolute Gasteiger partial charge is 0.467 e. The molecule has 0 amide bonds. The Hall–Kier alpha value is -1.14. The van der Waals surface area contributed by atoms with Crippen molar-refractivity contribution in [3.8, 4) is 0 Å². The molecule has 2 bridgehead atoms. The monoisotopic (exact) mass is 428 g/mol. The third-order valence-corrected chi connectivity index (χ3v) is 6.10. The number of rotatable bonds is 13. The van der Waals surface area contributed by atoms with E-state index in [9.17, 15) is 9.59 Å².